The van der Waals surface area contributed by atoms with Gasteiger partial charge in [-0.1, -0.05) is 69.3 Å². The van der Waals surface area contributed by atoms with Crippen LogP contribution in [0.4, 0.5) is 0 Å². The summed E-state index contributed by atoms with van der Waals surface area (Å²) in [5.41, 5.74) is 9.34. The van der Waals surface area contributed by atoms with Gasteiger partial charge in [0.15, 0.2) is 0 Å². The highest BCUT2D eigenvalue weighted by atomic mass is 16.6. The standard InChI is InChI=1S/C35H42O4/c1-8-34(23-39-34)18-17-26-11-13-29(19-24(26)4)35(9-2,10-3)30-14-15-31(25(5)20-30)27-12-16-32(37-6)28(21-27)22-33(36)38-7/h11-21H,8-10,22-23H2,1-7H3/b18-17+. The molecule has 1 aliphatic heterocycles. The zero-order valence-electron chi connectivity index (χ0n) is 24.5. The number of esters is 1. The van der Waals surface area contributed by atoms with E-state index in [1.54, 1.807) is 7.11 Å². The number of ether oxygens (including phenoxy) is 3. The van der Waals surface area contributed by atoms with Gasteiger partial charge in [-0.05, 0) is 90.3 Å². The maximum atomic E-state index is 12.0. The average molecular weight is 527 g/mol. The summed E-state index contributed by atoms with van der Waals surface area (Å²) in [6.45, 7) is 11.9. The first-order chi connectivity index (χ1) is 18.7. The Morgan fingerprint density at radius 1 is 0.949 bits per heavy atom. The van der Waals surface area contributed by atoms with Gasteiger partial charge in [-0.15, -0.1) is 0 Å². The van der Waals surface area contributed by atoms with Crippen molar-refractivity contribution in [2.45, 2.75) is 71.3 Å². The van der Waals surface area contributed by atoms with E-state index in [9.17, 15) is 4.79 Å². The highest BCUT2D eigenvalue weighted by Gasteiger charge is 2.39. The van der Waals surface area contributed by atoms with Gasteiger partial charge in [0.2, 0.25) is 0 Å². The largest absolute Gasteiger partial charge is 0.496 e. The van der Waals surface area contributed by atoms with Crippen LogP contribution in [0, 0.1) is 13.8 Å². The second kappa shape index (κ2) is 11.8. The van der Waals surface area contributed by atoms with E-state index in [0.29, 0.717) is 5.75 Å². The molecule has 0 aliphatic carbocycles. The van der Waals surface area contributed by atoms with E-state index < -0.39 is 0 Å². The molecule has 1 aliphatic rings. The van der Waals surface area contributed by atoms with E-state index in [4.69, 9.17) is 14.2 Å². The molecule has 0 spiro atoms. The SMILES string of the molecule is CCC1(/C=C/c2ccc(C(CC)(CC)c3ccc(-c4ccc(OC)c(CC(=O)OC)c4)c(C)c3)cc2C)CO1. The summed E-state index contributed by atoms with van der Waals surface area (Å²) < 4.78 is 16.0. The number of carbonyl (C=O) groups excluding carboxylic acids is 1. The van der Waals surface area contributed by atoms with Crippen molar-refractivity contribution in [1.82, 2.24) is 0 Å². The predicted octanol–water partition coefficient (Wildman–Crippen LogP) is 7.99. The molecule has 1 heterocycles. The van der Waals surface area contributed by atoms with Gasteiger partial charge in [0.25, 0.3) is 0 Å². The van der Waals surface area contributed by atoms with Gasteiger partial charge in [-0.25, -0.2) is 0 Å². The maximum absolute atomic E-state index is 12.0. The second-order valence-corrected chi connectivity index (χ2v) is 10.7. The van der Waals surface area contributed by atoms with E-state index in [0.717, 1.165) is 42.6 Å². The molecule has 0 saturated carbocycles. The quantitative estimate of drug-likeness (QED) is 0.188. The Morgan fingerprint density at radius 3 is 2.15 bits per heavy atom. The minimum Gasteiger partial charge on any atom is -0.496 e. The summed E-state index contributed by atoms with van der Waals surface area (Å²) in [5, 5.41) is 0. The van der Waals surface area contributed by atoms with Gasteiger partial charge < -0.3 is 14.2 Å². The molecular weight excluding hydrogens is 484 g/mol. The Morgan fingerprint density at radius 2 is 1.62 bits per heavy atom. The fraction of sp³-hybridized carbons (Fsp3) is 0.400. The molecule has 0 radical (unpaired) electrons. The molecule has 1 unspecified atom stereocenters. The van der Waals surface area contributed by atoms with Crippen LogP contribution in [-0.4, -0.2) is 32.4 Å². The van der Waals surface area contributed by atoms with Crippen LogP contribution in [0.25, 0.3) is 17.2 Å². The molecule has 4 heteroatoms. The van der Waals surface area contributed by atoms with Gasteiger partial charge >= 0.3 is 5.97 Å². The van der Waals surface area contributed by atoms with Gasteiger partial charge in [-0.3, -0.25) is 4.79 Å². The van der Waals surface area contributed by atoms with Crippen LogP contribution in [-0.2, 0) is 26.1 Å². The van der Waals surface area contributed by atoms with Crippen molar-refractivity contribution in [3.05, 3.63) is 94.1 Å². The number of methoxy groups -OCH3 is 2. The first kappa shape index (κ1) is 28.6. The number of aryl methyl sites for hydroxylation is 2. The predicted molar refractivity (Wildman–Crippen MR) is 159 cm³/mol. The third-order valence-corrected chi connectivity index (χ3v) is 8.64. The molecule has 0 amide bonds. The van der Waals surface area contributed by atoms with Crippen LogP contribution in [0.15, 0.2) is 60.7 Å². The molecule has 4 nitrogen and oxygen atoms in total. The van der Waals surface area contributed by atoms with Crippen LogP contribution in [0.2, 0.25) is 0 Å². The third-order valence-electron chi connectivity index (χ3n) is 8.64. The average Bonchev–Trinajstić information content (AvgIpc) is 3.74. The lowest BCUT2D eigenvalue weighted by molar-refractivity contribution is -0.139. The Kier molecular flexibility index (Phi) is 8.66. The lowest BCUT2D eigenvalue weighted by Crippen LogP contribution is -2.26. The first-order valence-electron chi connectivity index (χ1n) is 14.0. The van der Waals surface area contributed by atoms with Crippen molar-refractivity contribution < 1.29 is 19.0 Å². The fourth-order valence-electron chi connectivity index (χ4n) is 5.74. The Labute approximate surface area is 234 Å². The van der Waals surface area contributed by atoms with Crippen LogP contribution in [0.1, 0.15) is 73.4 Å². The highest BCUT2D eigenvalue weighted by Crippen LogP contribution is 2.42. The number of hydrogen-bond acceptors (Lipinski definition) is 4. The van der Waals surface area contributed by atoms with Crippen molar-refractivity contribution in [1.29, 1.82) is 0 Å². The summed E-state index contributed by atoms with van der Waals surface area (Å²) in [5.74, 6) is 0.410. The van der Waals surface area contributed by atoms with E-state index in [1.165, 1.54) is 34.9 Å². The number of hydrogen-bond donors (Lipinski definition) is 0. The number of rotatable bonds is 11. The summed E-state index contributed by atoms with van der Waals surface area (Å²) in [4.78, 5) is 12.0. The summed E-state index contributed by atoms with van der Waals surface area (Å²) in [6, 6.07) is 19.8. The highest BCUT2D eigenvalue weighted by molar-refractivity contribution is 5.76. The van der Waals surface area contributed by atoms with Gasteiger partial charge in [0.1, 0.15) is 11.4 Å². The minimum absolute atomic E-state index is 0.0507. The molecule has 1 fully saturated rings. The molecule has 0 N–H and O–H groups in total. The molecule has 206 valence electrons. The number of benzene rings is 3. The van der Waals surface area contributed by atoms with E-state index in [1.807, 2.05) is 12.1 Å². The van der Waals surface area contributed by atoms with Gasteiger partial charge in [0.05, 0.1) is 27.2 Å². The summed E-state index contributed by atoms with van der Waals surface area (Å²) in [6.07, 6.45) is 7.65. The van der Waals surface area contributed by atoms with Crippen LogP contribution in [0.3, 0.4) is 0 Å². The maximum Gasteiger partial charge on any atom is 0.310 e. The van der Waals surface area contributed by atoms with Gasteiger partial charge in [-0.2, -0.15) is 0 Å². The zero-order valence-corrected chi connectivity index (χ0v) is 24.5. The van der Waals surface area contributed by atoms with Crippen molar-refractivity contribution >= 4 is 12.0 Å². The van der Waals surface area contributed by atoms with E-state index >= 15 is 0 Å². The molecule has 1 saturated heterocycles. The summed E-state index contributed by atoms with van der Waals surface area (Å²) in [7, 11) is 3.03. The third kappa shape index (κ3) is 5.81. The monoisotopic (exact) mass is 526 g/mol. The van der Waals surface area contributed by atoms with Crippen LogP contribution < -0.4 is 4.74 Å². The van der Waals surface area contributed by atoms with Crippen LogP contribution in [0.5, 0.6) is 5.75 Å². The Bertz CT molecular complexity index is 1360. The lowest BCUT2D eigenvalue weighted by Gasteiger charge is -2.34. The summed E-state index contributed by atoms with van der Waals surface area (Å²) >= 11 is 0. The topological polar surface area (TPSA) is 48.1 Å². The molecule has 3 aromatic rings. The fourth-order valence-corrected chi connectivity index (χ4v) is 5.74. The van der Waals surface area contributed by atoms with Crippen molar-refractivity contribution in [3.8, 4) is 16.9 Å². The second-order valence-electron chi connectivity index (χ2n) is 10.7. The minimum atomic E-state index is -0.282. The van der Waals surface area contributed by atoms with Gasteiger partial charge in [0, 0.05) is 11.0 Å². The normalized spacial score (nSPS) is 16.9. The smallest absolute Gasteiger partial charge is 0.310 e. The van der Waals surface area contributed by atoms with Crippen molar-refractivity contribution in [3.63, 3.8) is 0 Å². The molecule has 0 bridgehead atoms. The lowest BCUT2D eigenvalue weighted by atomic mass is 9.69. The Balaban J connectivity index is 1.68. The number of epoxide rings is 1. The van der Waals surface area contributed by atoms with Crippen molar-refractivity contribution in [2.24, 2.45) is 0 Å². The number of carbonyl (C=O) groups is 1. The molecule has 0 aromatic heterocycles. The molecule has 39 heavy (non-hydrogen) atoms. The molecular formula is C35H42O4. The molecule has 3 aromatic carbocycles. The van der Waals surface area contributed by atoms with E-state index in [-0.39, 0.29) is 23.4 Å². The van der Waals surface area contributed by atoms with Crippen molar-refractivity contribution in [2.75, 3.05) is 20.8 Å². The molecule has 4 rings (SSSR count). The van der Waals surface area contributed by atoms with Crippen LogP contribution >= 0.6 is 0 Å². The Hall–Kier alpha value is -3.37. The molecule has 1 atom stereocenters. The zero-order chi connectivity index (χ0) is 28.2. The first-order valence-corrected chi connectivity index (χ1v) is 14.0. The van der Waals surface area contributed by atoms with E-state index in [2.05, 4.69) is 89.2 Å².